The minimum Gasteiger partial charge on any atom is -0.356 e. The van der Waals surface area contributed by atoms with E-state index >= 15 is 0 Å². The van der Waals surface area contributed by atoms with Crippen LogP contribution in [0.5, 0.6) is 0 Å². The molecule has 0 radical (unpaired) electrons. The van der Waals surface area contributed by atoms with E-state index in [9.17, 15) is 9.59 Å². The van der Waals surface area contributed by atoms with E-state index in [2.05, 4.69) is 23.7 Å². The lowest BCUT2D eigenvalue weighted by Gasteiger charge is -2.34. The summed E-state index contributed by atoms with van der Waals surface area (Å²) in [7, 11) is 0. The normalized spacial score (nSPS) is 25.7. The molecule has 2 fully saturated rings. The molecule has 0 aromatic carbocycles. The maximum absolute atomic E-state index is 12.5. The Morgan fingerprint density at radius 2 is 1.83 bits per heavy atom. The molecule has 0 spiro atoms. The smallest absolute Gasteiger partial charge is 0.270 e. The molecule has 5 nitrogen and oxygen atoms in total. The van der Waals surface area contributed by atoms with E-state index in [1.54, 1.807) is 12.3 Å². The SMILES string of the molecule is C[C@@H]1C[C@H](C)CN(CC(=O)c2c[nH]c(C(=O)N3CCCC3)c2)C1. The number of H-pyrrole nitrogens is 1. The second-order valence-electron chi connectivity index (χ2n) is 7.36. The summed E-state index contributed by atoms with van der Waals surface area (Å²) < 4.78 is 0. The van der Waals surface area contributed by atoms with Crippen LogP contribution in [0.1, 0.15) is 54.0 Å². The van der Waals surface area contributed by atoms with Crippen molar-refractivity contribution in [3.05, 3.63) is 23.5 Å². The molecule has 2 saturated heterocycles. The maximum Gasteiger partial charge on any atom is 0.270 e. The van der Waals surface area contributed by atoms with Gasteiger partial charge in [-0.05, 0) is 37.2 Å². The van der Waals surface area contributed by atoms with Gasteiger partial charge in [-0.2, -0.15) is 0 Å². The number of carbonyl (C=O) groups is 2. The predicted octanol–water partition coefficient (Wildman–Crippen LogP) is 2.41. The van der Waals surface area contributed by atoms with Gasteiger partial charge in [0.15, 0.2) is 5.78 Å². The average molecular weight is 317 g/mol. The standard InChI is InChI=1S/C18H27N3O2/c1-13-7-14(2)11-20(10-13)12-17(22)15-8-16(19-9-15)18(23)21-5-3-4-6-21/h8-9,13-14,19H,3-7,10-12H2,1-2H3/t13-,14+. The molecule has 2 atom stereocenters. The molecule has 2 aliphatic rings. The van der Waals surface area contributed by atoms with Gasteiger partial charge < -0.3 is 9.88 Å². The van der Waals surface area contributed by atoms with Crippen molar-refractivity contribution in [2.24, 2.45) is 11.8 Å². The molecule has 1 aromatic rings. The quantitative estimate of drug-likeness (QED) is 0.868. The van der Waals surface area contributed by atoms with Crippen molar-refractivity contribution in [2.75, 3.05) is 32.7 Å². The van der Waals surface area contributed by atoms with Gasteiger partial charge in [-0.15, -0.1) is 0 Å². The molecule has 0 aliphatic carbocycles. The maximum atomic E-state index is 12.5. The zero-order chi connectivity index (χ0) is 16.4. The molecule has 1 N–H and O–H groups in total. The van der Waals surface area contributed by atoms with Crippen molar-refractivity contribution in [1.82, 2.24) is 14.8 Å². The zero-order valence-corrected chi connectivity index (χ0v) is 14.2. The van der Waals surface area contributed by atoms with Crippen molar-refractivity contribution in [1.29, 1.82) is 0 Å². The Morgan fingerprint density at radius 1 is 1.17 bits per heavy atom. The summed E-state index contributed by atoms with van der Waals surface area (Å²) in [5.41, 5.74) is 1.16. The highest BCUT2D eigenvalue weighted by molar-refractivity contribution is 6.01. The molecule has 1 amide bonds. The third-order valence-electron chi connectivity index (χ3n) is 4.94. The zero-order valence-electron chi connectivity index (χ0n) is 14.2. The number of Topliss-reactive ketones (excluding diaryl/α,β-unsaturated/α-hetero) is 1. The van der Waals surface area contributed by atoms with Gasteiger partial charge in [0.25, 0.3) is 5.91 Å². The number of nitrogens with one attached hydrogen (secondary N) is 1. The lowest BCUT2D eigenvalue weighted by Crippen LogP contribution is -2.41. The van der Waals surface area contributed by atoms with Gasteiger partial charge >= 0.3 is 0 Å². The van der Waals surface area contributed by atoms with E-state index in [4.69, 9.17) is 0 Å². The number of likely N-dealkylation sites (tertiary alicyclic amines) is 2. The number of hydrogen-bond donors (Lipinski definition) is 1. The highest BCUT2D eigenvalue weighted by Gasteiger charge is 2.25. The first-order chi connectivity index (χ1) is 11.0. The minimum absolute atomic E-state index is 0.0155. The molecule has 23 heavy (non-hydrogen) atoms. The summed E-state index contributed by atoms with van der Waals surface area (Å²) in [5.74, 6) is 1.40. The van der Waals surface area contributed by atoms with Crippen molar-refractivity contribution in [3.63, 3.8) is 0 Å². The first-order valence-electron chi connectivity index (χ1n) is 8.76. The number of hydrogen-bond acceptors (Lipinski definition) is 3. The highest BCUT2D eigenvalue weighted by atomic mass is 16.2. The monoisotopic (exact) mass is 317 g/mol. The second kappa shape index (κ2) is 6.87. The summed E-state index contributed by atoms with van der Waals surface area (Å²) in [6.07, 6.45) is 5.07. The number of aromatic nitrogens is 1. The third-order valence-corrected chi connectivity index (χ3v) is 4.94. The second-order valence-corrected chi connectivity index (χ2v) is 7.36. The minimum atomic E-state index is 0.0155. The molecule has 5 heteroatoms. The van der Waals surface area contributed by atoms with Crippen molar-refractivity contribution >= 4 is 11.7 Å². The number of rotatable bonds is 4. The summed E-state index contributed by atoms with van der Waals surface area (Å²) in [5, 5.41) is 0. The van der Waals surface area contributed by atoms with Crippen LogP contribution >= 0.6 is 0 Å². The van der Waals surface area contributed by atoms with Gasteiger partial charge in [0.05, 0.1) is 6.54 Å². The average Bonchev–Trinajstić information content (AvgIpc) is 3.17. The van der Waals surface area contributed by atoms with E-state index in [-0.39, 0.29) is 11.7 Å². The first-order valence-corrected chi connectivity index (χ1v) is 8.76. The van der Waals surface area contributed by atoms with Crippen molar-refractivity contribution < 1.29 is 9.59 Å². The molecule has 1 aromatic heterocycles. The molecule has 0 bridgehead atoms. The predicted molar refractivity (Wildman–Crippen MR) is 89.6 cm³/mol. The van der Waals surface area contributed by atoms with Crippen molar-refractivity contribution in [2.45, 2.75) is 33.1 Å². The van der Waals surface area contributed by atoms with Crippen LogP contribution in [-0.2, 0) is 0 Å². The lowest BCUT2D eigenvalue weighted by atomic mass is 9.91. The molecule has 0 saturated carbocycles. The summed E-state index contributed by atoms with van der Waals surface area (Å²) >= 11 is 0. The molecule has 2 aliphatic heterocycles. The number of piperidine rings is 1. The van der Waals surface area contributed by atoms with E-state index in [0.29, 0.717) is 29.6 Å². The number of amides is 1. The fourth-order valence-electron chi connectivity index (χ4n) is 3.98. The van der Waals surface area contributed by atoms with Crippen LogP contribution in [0.3, 0.4) is 0 Å². The van der Waals surface area contributed by atoms with Crippen LogP contribution in [0.15, 0.2) is 12.3 Å². The van der Waals surface area contributed by atoms with Crippen LogP contribution in [0, 0.1) is 11.8 Å². The molecular formula is C18H27N3O2. The number of aromatic amines is 1. The van der Waals surface area contributed by atoms with Crippen LogP contribution in [0.25, 0.3) is 0 Å². The van der Waals surface area contributed by atoms with E-state index < -0.39 is 0 Å². The molecule has 126 valence electrons. The van der Waals surface area contributed by atoms with Crippen molar-refractivity contribution in [3.8, 4) is 0 Å². The lowest BCUT2D eigenvalue weighted by molar-refractivity contribution is 0.0787. The molecular weight excluding hydrogens is 290 g/mol. The fraction of sp³-hybridized carbons (Fsp3) is 0.667. The van der Waals surface area contributed by atoms with E-state index in [0.717, 1.165) is 39.0 Å². The molecule has 3 heterocycles. The fourth-order valence-corrected chi connectivity index (χ4v) is 3.98. The van der Waals surface area contributed by atoms with Crippen LogP contribution in [0.2, 0.25) is 0 Å². The summed E-state index contributed by atoms with van der Waals surface area (Å²) in [6.45, 7) is 8.56. The number of carbonyl (C=O) groups excluding carboxylic acids is 2. The largest absolute Gasteiger partial charge is 0.356 e. The summed E-state index contributed by atoms with van der Waals surface area (Å²) in [6, 6.07) is 1.72. The van der Waals surface area contributed by atoms with Crippen LogP contribution < -0.4 is 0 Å². The van der Waals surface area contributed by atoms with Gasteiger partial charge in [-0.1, -0.05) is 13.8 Å². The highest BCUT2D eigenvalue weighted by Crippen LogP contribution is 2.21. The van der Waals surface area contributed by atoms with Gasteiger partial charge in [-0.25, -0.2) is 0 Å². The van der Waals surface area contributed by atoms with Gasteiger partial charge in [0.1, 0.15) is 5.69 Å². The first kappa shape index (κ1) is 16.2. The van der Waals surface area contributed by atoms with Gasteiger partial charge in [0, 0.05) is 37.9 Å². The van der Waals surface area contributed by atoms with E-state index in [1.165, 1.54) is 6.42 Å². The molecule has 3 rings (SSSR count). The Balaban J connectivity index is 1.60. The third kappa shape index (κ3) is 3.83. The Bertz CT molecular complexity index is 565. The van der Waals surface area contributed by atoms with Crippen LogP contribution in [-0.4, -0.2) is 59.2 Å². The van der Waals surface area contributed by atoms with Crippen LogP contribution in [0.4, 0.5) is 0 Å². The number of nitrogens with zero attached hydrogens (tertiary/aromatic N) is 2. The van der Waals surface area contributed by atoms with Gasteiger partial charge in [0.2, 0.25) is 0 Å². The van der Waals surface area contributed by atoms with Gasteiger partial charge in [-0.3, -0.25) is 14.5 Å². The Morgan fingerprint density at radius 3 is 2.48 bits per heavy atom. The summed E-state index contributed by atoms with van der Waals surface area (Å²) in [4.78, 5) is 31.9. The Labute approximate surface area is 138 Å². The number of ketones is 1. The molecule has 0 unspecified atom stereocenters. The topological polar surface area (TPSA) is 56.4 Å². The Kier molecular flexibility index (Phi) is 4.85. The van der Waals surface area contributed by atoms with E-state index in [1.807, 2.05) is 4.90 Å². The Hall–Kier alpha value is -1.62.